The number of unbranched alkanes of at least 4 members (excludes halogenated alkanes) is 22. The molecule has 0 aliphatic heterocycles. The molecule has 0 aromatic carbocycles. The fourth-order valence-electron chi connectivity index (χ4n) is 7.13. The number of hydrogen-bond donors (Lipinski definition) is 0. The molecule has 0 saturated heterocycles. The molecule has 0 amide bonds. The van der Waals surface area contributed by atoms with Crippen LogP contribution in [-0.4, -0.2) is 37.2 Å². The van der Waals surface area contributed by atoms with Crippen molar-refractivity contribution in [2.45, 2.75) is 252 Å². The summed E-state index contributed by atoms with van der Waals surface area (Å²) < 4.78 is 16.7. The Kier molecular flexibility index (Phi) is 49.4. The molecule has 0 aromatic rings. The van der Waals surface area contributed by atoms with Crippen molar-refractivity contribution < 1.29 is 28.6 Å². The van der Waals surface area contributed by atoms with Crippen molar-refractivity contribution in [1.82, 2.24) is 0 Å². The number of hydrogen-bond acceptors (Lipinski definition) is 6. The monoisotopic (exact) mass is 891 g/mol. The minimum atomic E-state index is -0.817. The molecule has 1 unspecified atom stereocenters. The van der Waals surface area contributed by atoms with Crippen molar-refractivity contribution in [2.24, 2.45) is 0 Å². The van der Waals surface area contributed by atoms with Crippen LogP contribution in [0.4, 0.5) is 0 Å². The summed E-state index contributed by atoms with van der Waals surface area (Å²) in [7, 11) is 0. The first-order valence-electron chi connectivity index (χ1n) is 26.6. The quantitative estimate of drug-likeness (QED) is 0.0262. The van der Waals surface area contributed by atoms with Crippen LogP contribution in [0.15, 0.2) is 85.1 Å². The Morgan fingerprint density at radius 3 is 1.08 bits per heavy atom. The zero-order chi connectivity index (χ0) is 46.5. The molecule has 0 aromatic heterocycles. The predicted octanol–water partition coefficient (Wildman–Crippen LogP) is 17.6. The molecule has 0 heterocycles. The third-order valence-corrected chi connectivity index (χ3v) is 11.1. The number of allylic oxidation sites excluding steroid dienone is 14. The van der Waals surface area contributed by atoms with Crippen LogP contribution >= 0.6 is 0 Å². The SMILES string of the molecule is CC/C=C/C/C=C/C/C=C/C/C=C/CCCCCC(=O)OC(COC(=O)CC/C=C/C/C=C/CCCCCCCC)COC(=O)CCCCCCCCC/C=C/CCCCCCCC. The van der Waals surface area contributed by atoms with Crippen LogP contribution in [0, 0.1) is 0 Å². The first-order valence-corrected chi connectivity index (χ1v) is 26.6. The van der Waals surface area contributed by atoms with Crippen molar-refractivity contribution in [1.29, 1.82) is 0 Å². The molecular weight excluding hydrogens is 793 g/mol. The summed E-state index contributed by atoms with van der Waals surface area (Å²) in [5.74, 6) is -1.02. The standard InChI is InChI=1S/C58H98O6/c1-4-7-10-13-16-19-22-25-27-29-31-33-36-39-42-45-48-51-57(60)63-54-55(53-62-56(59)50-47-44-41-38-35-32-24-21-18-15-12-9-6-3)64-58(61)52-49-46-43-40-37-34-30-28-26-23-20-17-14-11-8-5-2/h8,11,17,20,25-28,32,34-35,37,41,44,55H,4-7,9-10,12-16,18-19,21-24,29-31,33,36,38-40,42-43,45-54H2,1-3H3/b11-8+,20-17+,27-25+,28-26+,35-32+,37-34+,44-41+. The molecule has 0 radical (unpaired) electrons. The molecule has 0 rings (SSSR count). The van der Waals surface area contributed by atoms with Crippen molar-refractivity contribution in [3.05, 3.63) is 85.1 Å². The summed E-state index contributed by atoms with van der Waals surface area (Å²) in [6.45, 7) is 6.43. The minimum Gasteiger partial charge on any atom is -0.462 e. The molecule has 0 spiro atoms. The van der Waals surface area contributed by atoms with E-state index in [4.69, 9.17) is 14.2 Å². The predicted molar refractivity (Wildman–Crippen MR) is 274 cm³/mol. The van der Waals surface area contributed by atoms with Crippen molar-refractivity contribution in [3.63, 3.8) is 0 Å². The highest BCUT2D eigenvalue weighted by Crippen LogP contribution is 2.13. The van der Waals surface area contributed by atoms with Gasteiger partial charge >= 0.3 is 17.9 Å². The zero-order valence-corrected chi connectivity index (χ0v) is 41.8. The van der Waals surface area contributed by atoms with Crippen molar-refractivity contribution in [3.8, 4) is 0 Å². The van der Waals surface area contributed by atoms with E-state index in [0.29, 0.717) is 12.8 Å². The van der Waals surface area contributed by atoms with Gasteiger partial charge in [0, 0.05) is 19.3 Å². The highest BCUT2D eigenvalue weighted by atomic mass is 16.6. The van der Waals surface area contributed by atoms with Gasteiger partial charge in [0.05, 0.1) is 0 Å². The lowest BCUT2D eigenvalue weighted by molar-refractivity contribution is -0.166. The topological polar surface area (TPSA) is 78.9 Å². The lowest BCUT2D eigenvalue weighted by Crippen LogP contribution is -2.30. The van der Waals surface area contributed by atoms with Gasteiger partial charge in [0.2, 0.25) is 0 Å². The van der Waals surface area contributed by atoms with Gasteiger partial charge in [0.15, 0.2) is 6.10 Å². The van der Waals surface area contributed by atoms with E-state index in [-0.39, 0.29) is 44.0 Å². The Morgan fingerprint density at radius 2 is 0.641 bits per heavy atom. The Bertz CT molecular complexity index is 1250. The van der Waals surface area contributed by atoms with E-state index in [0.717, 1.165) is 83.5 Å². The number of carbonyl (C=O) groups excluding carboxylic acids is 3. The zero-order valence-electron chi connectivity index (χ0n) is 41.8. The molecule has 6 nitrogen and oxygen atoms in total. The Balaban J connectivity index is 4.49. The Morgan fingerprint density at radius 1 is 0.328 bits per heavy atom. The maximum atomic E-state index is 12.8. The Hall–Kier alpha value is -3.41. The summed E-state index contributed by atoms with van der Waals surface area (Å²) in [5.41, 5.74) is 0. The summed E-state index contributed by atoms with van der Waals surface area (Å²) in [4.78, 5) is 38.0. The highest BCUT2D eigenvalue weighted by molar-refractivity contribution is 5.71. The molecule has 0 fully saturated rings. The smallest absolute Gasteiger partial charge is 0.306 e. The number of ether oxygens (including phenoxy) is 3. The van der Waals surface area contributed by atoms with Gasteiger partial charge in [-0.1, -0.05) is 209 Å². The maximum Gasteiger partial charge on any atom is 0.306 e. The van der Waals surface area contributed by atoms with Crippen LogP contribution in [0.3, 0.4) is 0 Å². The number of esters is 3. The van der Waals surface area contributed by atoms with Crippen LogP contribution in [-0.2, 0) is 28.6 Å². The number of rotatable bonds is 47. The molecule has 0 aliphatic rings. The summed E-state index contributed by atoms with van der Waals surface area (Å²) in [6.07, 6.45) is 67.2. The second-order valence-corrected chi connectivity index (χ2v) is 17.4. The molecular formula is C58H98O6. The molecule has 366 valence electrons. The first-order chi connectivity index (χ1) is 31.5. The van der Waals surface area contributed by atoms with Crippen molar-refractivity contribution in [2.75, 3.05) is 13.2 Å². The third kappa shape index (κ3) is 49.6. The van der Waals surface area contributed by atoms with Gasteiger partial charge in [0.1, 0.15) is 13.2 Å². The van der Waals surface area contributed by atoms with Crippen LogP contribution in [0.2, 0.25) is 0 Å². The summed E-state index contributed by atoms with van der Waals surface area (Å²) >= 11 is 0. The van der Waals surface area contributed by atoms with E-state index in [1.54, 1.807) is 0 Å². The van der Waals surface area contributed by atoms with Crippen molar-refractivity contribution >= 4 is 17.9 Å². The van der Waals surface area contributed by atoms with Gasteiger partial charge in [-0.2, -0.15) is 0 Å². The van der Waals surface area contributed by atoms with E-state index < -0.39 is 6.10 Å². The fraction of sp³-hybridized carbons (Fsp3) is 0.707. The lowest BCUT2D eigenvalue weighted by Gasteiger charge is -2.18. The van der Waals surface area contributed by atoms with E-state index in [1.807, 2.05) is 6.08 Å². The molecule has 1 atom stereocenters. The first kappa shape index (κ1) is 60.6. The summed E-state index contributed by atoms with van der Waals surface area (Å²) in [6, 6.07) is 0. The summed E-state index contributed by atoms with van der Waals surface area (Å²) in [5, 5.41) is 0. The van der Waals surface area contributed by atoms with Gasteiger partial charge in [0.25, 0.3) is 0 Å². The van der Waals surface area contributed by atoms with E-state index >= 15 is 0 Å². The molecule has 0 bridgehead atoms. The van der Waals surface area contributed by atoms with Crippen LogP contribution in [0.5, 0.6) is 0 Å². The molecule has 0 saturated carbocycles. The second kappa shape index (κ2) is 52.2. The largest absolute Gasteiger partial charge is 0.462 e. The molecule has 6 heteroatoms. The normalized spacial score (nSPS) is 12.7. The minimum absolute atomic E-state index is 0.109. The maximum absolute atomic E-state index is 12.8. The molecule has 0 aliphatic carbocycles. The molecule has 64 heavy (non-hydrogen) atoms. The molecule has 0 N–H and O–H groups in total. The van der Waals surface area contributed by atoms with E-state index in [1.165, 1.54) is 116 Å². The highest BCUT2D eigenvalue weighted by Gasteiger charge is 2.19. The van der Waals surface area contributed by atoms with Crippen LogP contribution < -0.4 is 0 Å². The third-order valence-electron chi connectivity index (χ3n) is 11.1. The van der Waals surface area contributed by atoms with Gasteiger partial charge in [-0.05, 0) is 103 Å². The average Bonchev–Trinajstić information content (AvgIpc) is 3.29. The number of carbonyl (C=O) groups is 3. The van der Waals surface area contributed by atoms with Gasteiger partial charge in [-0.15, -0.1) is 0 Å². The fourth-order valence-corrected chi connectivity index (χ4v) is 7.13. The van der Waals surface area contributed by atoms with Gasteiger partial charge in [-0.25, -0.2) is 0 Å². The van der Waals surface area contributed by atoms with Gasteiger partial charge < -0.3 is 14.2 Å². The van der Waals surface area contributed by atoms with E-state index in [2.05, 4.69) is 99.8 Å². The lowest BCUT2D eigenvalue weighted by atomic mass is 10.1. The van der Waals surface area contributed by atoms with Crippen LogP contribution in [0.25, 0.3) is 0 Å². The second-order valence-electron chi connectivity index (χ2n) is 17.4. The van der Waals surface area contributed by atoms with E-state index in [9.17, 15) is 14.4 Å². The Labute approximate surface area is 395 Å². The van der Waals surface area contributed by atoms with Gasteiger partial charge in [-0.3, -0.25) is 14.4 Å². The van der Waals surface area contributed by atoms with Crippen LogP contribution in [0.1, 0.15) is 245 Å². The average molecular weight is 891 g/mol.